The Labute approximate surface area is 178 Å². The van der Waals surface area contributed by atoms with Crippen molar-refractivity contribution in [2.75, 3.05) is 24.7 Å². The van der Waals surface area contributed by atoms with Crippen molar-refractivity contribution in [1.82, 2.24) is 0 Å². The van der Waals surface area contributed by atoms with E-state index in [4.69, 9.17) is 20.9 Å². The molecule has 4 N–H and O–H groups in total. The highest BCUT2D eigenvalue weighted by molar-refractivity contribution is 5.91. The van der Waals surface area contributed by atoms with Crippen LogP contribution in [-0.4, -0.2) is 25.2 Å². The minimum absolute atomic E-state index is 0.0545. The molecule has 0 amide bonds. The van der Waals surface area contributed by atoms with Crippen molar-refractivity contribution in [1.29, 1.82) is 0 Å². The topological polar surface area (TPSA) is 105 Å². The van der Waals surface area contributed by atoms with Crippen molar-refractivity contribution >= 4 is 23.3 Å². The van der Waals surface area contributed by atoms with Crippen LogP contribution < -0.4 is 11.5 Å². The van der Waals surface area contributed by atoms with Gasteiger partial charge >= 0.3 is 11.9 Å². The number of benzene rings is 2. The third kappa shape index (κ3) is 5.75. The van der Waals surface area contributed by atoms with Gasteiger partial charge in [0.25, 0.3) is 0 Å². The molecule has 0 heterocycles. The first kappa shape index (κ1) is 23.3. The molecule has 2 rings (SSSR count). The zero-order valence-corrected chi connectivity index (χ0v) is 18.7. The molecule has 0 aliphatic heterocycles. The second kappa shape index (κ2) is 8.78. The maximum atomic E-state index is 12.2. The normalized spacial score (nSPS) is 11.8. The summed E-state index contributed by atoms with van der Waals surface area (Å²) in [4.78, 5) is 24.4. The van der Waals surface area contributed by atoms with Crippen LogP contribution >= 0.6 is 0 Å². The molecule has 0 fully saturated rings. The fraction of sp³-hybridized carbons (Fsp3) is 0.417. The summed E-state index contributed by atoms with van der Waals surface area (Å²) in [5, 5.41) is 0. The number of hydrogen-bond acceptors (Lipinski definition) is 6. The molecule has 0 aromatic heterocycles. The van der Waals surface area contributed by atoms with Crippen LogP contribution in [0.15, 0.2) is 36.4 Å². The van der Waals surface area contributed by atoms with E-state index < -0.39 is 11.9 Å². The summed E-state index contributed by atoms with van der Waals surface area (Å²) < 4.78 is 10.4. The van der Waals surface area contributed by atoms with Crippen molar-refractivity contribution in [3.8, 4) is 0 Å². The lowest BCUT2D eigenvalue weighted by atomic mass is 9.85. The lowest BCUT2D eigenvalue weighted by molar-refractivity contribution is 0.0265. The summed E-state index contributed by atoms with van der Waals surface area (Å²) in [7, 11) is 0. The third-order valence-electron chi connectivity index (χ3n) is 4.74. The summed E-state index contributed by atoms with van der Waals surface area (Å²) in [5.74, 6) is -1.03. The van der Waals surface area contributed by atoms with E-state index in [1.807, 2.05) is 12.1 Å². The molecule has 162 valence electrons. The Morgan fingerprint density at radius 2 is 1.03 bits per heavy atom. The molecule has 30 heavy (non-hydrogen) atoms. The van der Waals surface area contributed by atoms with Crippen LogP contribution in [0.2, 0.25) is 0 Å². The summed E-state index contributed by atoms with van der Waals surface area (Å²) in [5.41, 5.74) is 15.6. The monoisotopic (exact) mass is 412 g/mol. The highest BCUT2D eigenvalue weighted by Gasteiger charge is 2.20. The molecule has 0 aliphatic rings. The quantitative estimate of drug-likeness (QED) is 0.427. The molecule has 0 radical (unpaired) electrons. The number of nitrogens with two attached hydrogens (primary N) is 2. The Kier molecular flexibility index (Phi) is 6.80. The van der Waals surface area contributed by atoms with Crippen LogP contribution in [0.3, 0.4) is 0 Å². The maximum absolute atomic E-state index is 12.2. The van der Waals surface area contributed by atoms with Gasteiger partial charge in [-0.25, -0.2) is 9.59 Å². The standard InChI is InChI=1S/C24H32N2O4/c1-23(2,3)17-9-7-15(13-19(17)25)21(27)29-11-12-30-22(28)16-8-10-18(20(26)14-16)24(4,5)6/h7-10,13-14H,11-12,25-26H2,1-6H3. The second-order valence-corrected chi connectivity index (χ2v) is 9.38. The fourth-order valence-electron chi connectivity index (χ4n) is 3.18. The van der Waals surface area contributed by atoms with Gasteiger partial charge in [0.15, 0.2) is 0 Å². The van der Waals surface area contributed by atoms with E-state index in [0.717, 1.165) is 11.1 Å². The molecule has 0 unspecified atom stereocenters. The van der Waals surface area contributed by atoms with Gasteiger partial charge in [-0.3, -0.25) is 0 Å². The largest absolute Gasteiger partial charge is 0.458 e. The van der Waals surface area contributed by atoms with E-state index in [1.54, 1.807) is 24.3 Å². The molecular weight excluding hydrogens is 380 g/mol. The van der Waals surface area contributed by atoms with Crippen LogP contribution in [0.4, 0.5) is 11.4 Å². The van der Waals surface area contributed by atoms with Gasteiger partial charge in [-0.15, -0.1) is 0 Å². The lowest BCUT2D eigenvalue weighted by Crippen LogP contribution is -2.17. The van der Waals surface area contributed by atoms with E-state index in [1.165, 1.54) is 0 Å². The number of ether oxygens (including phenoxy) is 2. The van der Waals surface area contributed by atoms with Crippen LogP contribution in [0.25, 0.3) is 0 Å². The molecular formula is C24H32N2O4. The zero-order valence-electron chi connectivity index (χ0n) is 18.7. The Bertz CT molecular complexity index is 860. The van der Waals surface area contributed by atoms with E-state index in [-0.39, 0.29) is 24.0 Å². The van der Waals surface area contributed by atoms with Gasteiger partial charge in [-0.1, -0.05) is 53.7 Å². The fourth-order valence-corrected chi connectivity index (χ4v) is 3.18. The number of esters is 2. The number of rotatable bonds is 5. The number of anilines is 2. The van der Waals surface area contributed by atoms with Gasteiger partial charge in [0, 0.05) is 11.4 Å². The van der Waals surface area contributed by atoms with Gasteiger partial charge in [-0.05, 0) is 46.2 Å². The van der Waals surface area contributed by atoms with Crippen LogP contribution in [0, 0.1) is 0 Å². The Morgan fingerprint density at radius 3 is 1.30 bits per heavy atom. The molecule has 0 saturated carbocycles. The second-order valence-electron chi connectivity index (χ2n) is 9.38. The van der Waals surface area contributed by atoms with Crippen LogP contribution in [0.1, 0.15) is 73.4 Å². The molecule has 2 aromatic rings. The van der Waals surface area contributed by atoms with Crippen molar-refractivity contribution in [3.05, 3.63) is 58.7 Å². The molecule has 6 heteroatoms. The maximum Gasteiger partial charge on any atom is 0.338 e. The van der Waals surface area contributed by atoms with Gasteiger partial charge in [0.2, 0.25) is 0 Å². The zero-order chi connectivity index (χ0) is 22.7. The average Bonchev–Trinajstić information content (AvgIpc) is 2.62. The summed E-state index contributed by atoms with van der Waals surface area (Å²) in [6, 6.07) is 10.2. The first-order valence-corrected chi connectivity index (χ1v) is 9.95. The average molecular weight is 413 g/mol. The van der Waals surface area contributed by atoms with Crippen molar-refractivity contribution < 1.29 is 19.1 Å². The van der Waals surface area contributed by atoms with E-state index in [2.05, 4.69) is 41.5 Å². The summed E-state index contributed by atoms with van der Waals surface area (Å²) in [6.45, 7) is 12.2. The predicted octanol–water partition coefficient (Wildman–Crippen LogP) is 4.46. The van der Waals surface area contributed by atoms with Crippen molar-refractivity contribution in [3.63, 3.8) is 0 Å². The van der Waals surface area contributed by atoms with Crippen LogP contribution in [-0.2, 0) is 20.3 Å². The Hall–Kier alpha value is -3.02. The molecule has 0 spiro atoms. The van der Waals surface area contributed by atoms with E-state index >= 15 is 0 Å². The number of carbonyl (C=O) groups is 2. The highest BCUT2D eigenvalue weighted by atomic mass is 16.6. The van der Waals surface area contributed by atoms with Gasteiger partial charge in [0.05, 0.1) is 11.1 Å². The molecule has 6 nitrogen and oxygen atoms in total. The molecule has 2 aromatic carbocycles. The van der Waals surface area contributed by atoms with Gasteiger partial charge in [-0.2, -0.15) is 0 Å². The minimum Gasteiger partial charge on any atom is -0.458 e. The van der Waals surface area contributed by atoms with Crippen LogP contribution in [0.5, 0.6) is 0 Å². The summed E-state index contributed by atoms with van der Waals surface area (Å²) in [6.07, 6.45) is 0. The first-order valence-electron chi connectivity index (χ1n) is 9.95. The van der Waals surface area contributed by atoms with Gasteiger partial charge < -0.3 is 20.9 Å². The molecule has 0 atom stereocenters. The molecule has 0 bridgehead atoms. The lowest BCUT2D eigenvalue weighted by Gasteiger charge is -2.21. The van der Waals surface area contributed by atoms with E-state index in [9.17, 15) is 9.59 Å². The third-order valence-corrected chi connectivity index (χ3v) is 4.74. The number of carbonyl (C=O) groups excluding carboxylic acids is 2. The Morgan fingerprint density at radius 1 is 0.700 bits per heavy atom. The molecule has 0 saturated heterocycles. The Balaban J connectivity index is 1.89. The first-order chi connectivity index (χ1) is 13.8. The van der Waals surface area contributed by atoms with Gasteiger partial charge in [0.1, 0.15) is 13.2 Å². The van der Waals surface area contributed by atoms with Crippen molar-refractivity contribution in [2.24, 2.45) is 0 Å². The predicted molar refractivity (Wildman–Crippen MR) is 120 cm³/mol. The van der Waals surface area contributed by atoms with Crippen molar-refractivity contribution in [2.45, 2.75) is 52.4 Å². The number of hydrogen-bond donors (Lipinski definition) is 2. The summed E-state index contributed by atoms with van der Waals surface area (Å²) >= 11 is 0. The highest BCUT2D eigenvalue weighted by Crippen LogP contribution is 2.29. The number of nitrogen functional groups attached to an aromatic ring is 2. The minimum atomic E-state index is -0.517. The van der Waals surface area contributed by atoms with E-state index in [0.29, 0.717) is 22.5 Å². The SMILES string of the molecule is CC(C)(C)c1ccc(C(=O)OCCOC(=O)c2ccc(C(C)(C)C)c(N)c2)cc1N. The smallest absolute Gasteiger partial charge is 0.338 e. The molecule has 0 aliphatic carbocycles.